The van der Waals surface area contributed by atoms with Gasteiger partial charge >= 0.3 is 0 Å². The van der Waals surface area contributed by atoms with Gasteiger partial charge in [-0.2, -0.15) is 0 Å². The molecule has 3 heteroatoms. The minimum Gasteiger partial charge on any atom is -0.508 e. The largest absolute Gasteiger partial charge is 0.508 e. The van der Waals surface area contributed by atoms with Crippen molar-refractivity contribution in [1.29, 1.82) is 0 Å². The lowest BCUT2D eigenvalue weighted by Gasteiger charge is -1.97. The molecule has 0 aromatic heterocycles. The van der Waals surface area contributed by atoms with E-state index in [1.807, 2.05) is 6.92 Å². The summed E-state index contributed by atoms with van der Waals surface area (Å²) in [5.41, 5.74) is 0. The highest BCUT2D eigenvalue weighted by atomic mass is 32.2. The molecule has 0 bridgehead atoms. The fourth-order valence-electron chi connectivity index (χ4n) is 0.765. The minimum atomic E-state index is -0.910. The van der Waals surface area contributed by atoms with Crippen LogP contribution in [0.3, 0.4) is 0 Å². The number of phenolic OH excluding ortho intramolecular Hbond substituents is 1. The standard InChI is InChI=1S/C8H10O2S/c1-2-11(10)8-5-3-7(9)4-6-8/h3-6,9H,2H2,1H3/t11-/m0/s1. The first-order chi connectivity index (χ1) is 5.24. The average molecular weight is 170 g/mol. The Morgan fingerprint density at radius 1 is 1.36 bits per heavy atom. The third kappa shape index (κ3) is 2.05. The lowest BCUT2D eigenvalue weighted by Crippen LogP contribution is -1.92. The molecule has 1 aromatic carbocycles. The molecule has 0 heterocycles. The molecule has 1 N–H and O–H groups in total. The van der Waals surface area contributed by atoms with Gasteiger partial charge in [0.1, 0.15) is 5.75 Å². The van der Waals surface area contributed by atoms with Crippen molar-refractivity contribution in [2.45, 2.75) is 11.8 Å². The second kappa shape index (κ2) is 3.53. The second-order valence-corrected chi connectivity index (χ2v) is 3.87. The van der Waals surface area contributed by atoms with Crippen molar-refractivity contribution in [2.75, 3.05) is 5.75 Å². The zero-order chi connectivity index (χ0) is 8.27. The molecule has 2 nitrogen and oxygen atoms in total. The summed E-state index contributed by atoms with van der Waals surface area (Å²) in [7, 11) is -0.910. The van der Waals surface area contributed by atoms with Gasteiger partial charge in [0, 0.05) is 10.6 Å². The molecule has 0 unspecified atom stereocenters. The Bertz CT molecular complexity index is 253. The van der Waals surface area contributed by atoms with Crippen LogP contribution in [0.15, 0.2) is 29.2 Å². The summed E-state index contributed by atoms with van der Waals surface area (Å²) in [5.74, 6) is 0.826. The molecule has 0 saturated heterocycles. The van der Waals surface area contributed by atoms with E-state index in [-0.39, 0.29) is 5.75 Å². The molecule has 0 aliphatic carbocycles. The van der Waals surface area contributed by atoms with Gasteiger partial charge in [-0.1, -0.05) is 6.92 Å². The quantitative estimate of drug-likeness (QED) is 0.730. The van der Waals surface area contributed by atoms with Crippen molar-refractivity contribution < 1.29 is 9.32 Å². The van der Waals surface area contributed by atoms with Crippen molar-refractivity contribution in [3.63, 3.8) is 0 Å². The van der Waals surface area contributed by atoms with E-state index in [1.165, 1.54) is 0 Å². The number of benzene rings is 1. The van der Waals surface area contributed by atoms with Crippen LogP contribution in [0.4, 0.5) is 0 Å². The lowest BCUT2D eigenvalue weighted by atomic mass is 10.3. The summed E-state index contributed by atoms with van der Waals surface area (Å²) in [5, 5.41) is 8.91. The van der Waals surface area contributed by atoms with E-state index in [1.54, 1.807) is 24.3 Å². The Hall–Kier alpha value is -0.830. The fourth-order valence-corrected chi connectivity index (χ4v) is 1.54. The maximum Gasteiger partial charge on any atom is 0.115 e. The smallest absolute Gasteiger partial charge is 0.115 e. The second-order valence-electron chi connectivity index (χ2n) is 2.13. The van der Waals surface area contributed by atoms with Crippen molar-refractivity contribution in [3.05, 3.63) is 24.3 Å². The summed E-state index contributed by atoms with van der Waals surface area (Å²) in [6, 6.07) is 6.44. The molecular formula is C8H10O2S. The first-order valence-electron chi connectivity index (χ1n) is 3.41. The summed E-state index contributed by atoms with van der Waals surface area (Å²) in [6.45, 7) is 1.86. The molecule has 0 spiro atoms. The van der Waals surface area contributed by atoms with Gasteiger partial charge in [0.05, 0.1) is 10.8 Å². The molecule has 1 atom stereocenters. The van der Waals surface area contributed by atoms with E-state index in [0.29, 0.717) is 5.75 Å². The van der Waals surface area contributed by atoms with E-state index in [0.717, 1.165) is 4.90 Å². The molecule has 0 saturated carbocycles. The highest BCUT2D eigenvalue weighted by Gasteiger charge is 1.98. The van der Waals surface area contributed by atoms with E-state index >= 15 is 0 Å². The van der Waals surface area contributed by atoms with Crippen LogP contribution in [0.2, 0.25) is 0 Å². The molecule has 60 valence electrons. The summed E-state index contributed by atoms with van der Waals surface area (Å²) in [4.78, 5) is 0.769. The molecule has 0 radical (unpaired) electrons. The highest BCUT2D eigenvalue weighted by Crippen LogP contribution is 2.12. The van der Waals surface area contributed by atoms with Crippen LogP contribution in [0.25, 0.3) is 0 Å². The number of aromatic hydroxyl groups is 1. The zero-order valence-corrected chi connectivity index (χ0v) is 7.10. The first-order valence-corrected chi connectivity index (χ1v) is 4.73. The topological polar surface area (TPSA) is 37.3 Å². The molecule has 0 fully saturated rings. The predicted octanol–water partition coefficient (Wildman–Crippen LogP) is 1.52. The molecule has 0 amide bonds. The van der Waals surface area contributed by atoms with Gasteiger partial charge in [-0.3, -0.25) is 4.21 Å². The Labute approximate surface area is 68.3 Å². The third-order valence-electron chi connectivity index (χ3n) is 1.36. The van der Waals surface area contributed by atoms with Crippen LogP contribution < -0.4 is 0 Å². The van der Waals surface area contributed by atoms with Crippen LogP contribution in [0.1, 0.15) is 6.92 Å². The molecule has 0 aliphatic heterocycles. The Morgan fingerprint density at radius 2 is 1.91 bits per heavy atom. The summed E-state index contributed by atoms with van der Waals surface area (Å²) >= 11 is 0. The van der Waals surface area contributed by atoms with Gasteiger partial charge in [0.25, 0.3) is 0 Å². The molecule has 1 rings (SSSR count). The van der Waals surface area contributed by atoms with E-state index in [4.69, 9.17) is 5.11 Å². The van der Waals surface area contributed by atoms with Crippen molar-refractivity contribution in [3.8, 4) is 5.75 Å². The lowest BCUT2D eigenvalue weighted by molar-refractivity contribution is 0.475. The van der Waals surface area contributed by atoms with Gasteiger partial charge in [-0.25, -0.2) is 0 Å². The minimum absolute atomic E-state index is 0.210. The predicted molar refractivity (Wildman–Crippen MR) is 45.1 cm³/mol. The highest BCUT2D eigenvalue weighted by molar-refractivity contribution is 7.85. The van der Waals surface area contributed by atoms with Crippen LogP contribution in [0.5, 0.6) is 5.75 Å². The zero-order valence-electron chi connectivity index (χ0n) is 6.28. The monoisotopic (exact) mass is 170 g/mol. The first kappa shape index (κ1) is 8.27. The maximum absolute atomic E-state index is 11.2. The molecule has 11 heavy (non-hydrogen) atoms. The third-order valence-corrected chi connectivity index (χ3v) is 2.68. The van der Waals surface area contributed by atoms with Gasteiger partial charge in [-0.05, 0) is 24.3 Å². The van der Waals surface area contributed by atoms with Gasteiger partial charge in [0.2, 0.25) is 0 Å². The summed E-state index contributed by atoms with van der Waals surface area (Å²) < 4.78 is 11.2. The number of rotatable bonds is 2. The van der Waals surface area contributed by atoms with Crippen molar-refractivity contribution >= 4 is 10.8 Å². The van der Waals surface area contributed by atoms with E-state index < -0.39 is 10.8 Å². The van der Waals surface area contributed by atoms with E-state index in [2.05, 4.69) is 0 Å². The van der Waals surface area contributed by atoms with E-state index in [9.17, 15) is 4.21 Å². The molecule has 0 aliphatic rings. The van der Waals surface area contributed by atoms with Gasteiger partial charge < -0.3 is 5.11 Å². The summed E-state index contributed by atoms with van der Waals surface area (Å²) in [6.07, 6.45) is 0. The van der Waals surface area contributed by atoms with Crippen molar-refractivity contribution in [1.82, 2.24) is 0 Å². The average Bonchev–Trinajstić information content (AvgIpc) is 2.05. The van der Waals surface area contributed by atoms with Crippen LogP contribution in [-0.4, -0.2) is 15.1 Å². The fraction of sp³-hybridized carbons (Fsp3) is 0.250. The maximum atomic E-state index is 11.2. The Morgan fingerprint density at radius 3 is 2.36 bits per heavy atom. The van der Waals surface area contributed by atoms with Crippen LogP contribution >= 0.6 is 0 Å². The van der Waals surface area contributed by atoms with Crippen molar-refractivity contribution in [2.24, 2.45) is 0 Å². The normalized spacial score (nSPS) is 12.8. The van der Waals surface area contributed by atoms with Crippen LogP contribution in [0, 0.1) is 0 Å². The SMILES string of the molecule is CC[S@](=O)c1ccc(O)cc1. The van der Waals surface area contributed by atoms with Gasteiger partial charge in [0.15, 0.2) is 0 Å². The Kier molecular flexibility index (Phi) is 2.65. The molecule has 1 aromatic rings. The Balaban J connectivity index is 2.90. The number of hydrogen-bond donors (Lipinski definition) is 1. The number of hydrogen-bond acceptors (Lipinski definition) is 2. The molecular weight excluding hydrogens is 160 g/mol. The van der Waals surface area contributed by atoms with Gasteiger partial charge in [-0.15, -0.1) is 0 Å². The number of phenols is 1. The van der Waals surface area contributed by atoms with Crippen LogP contribution in [-0.2, 0) is 10.8 Å².